The molecule has 23 heavy (non-hydrogen) atoms. The number of aromatic nitrogens is 3. The number of anilines is 1. The van der Waals surface area contributed by atoms with Crippen molar-refractivity contribution in [2.45, 2.75) is 0 Å². The van der Waals surface area contributed by atoms with Gasteiger partial charge in [-0.15, -0.1) is 0 Å². The van der Waals surface area contributed by atoms with Crippen molar-refractivity contribution in [3.8, 4) is 17.5 Å². The molecule has 0 spiro atoms. The number of amides is 1. The molecule has 1 amide bonds. The van der Waals surface area contributed by atoms with E-state index in [9.17, 15) is 9.90 Å². The van der Waals surface area contributed by atoms with E-state index in [2.05, 4.69) is 15.4 Å². The Morgan fingerprint density at radius 3 is 2.87 bits per heavy atom. The van der Waals surface area contributed by atoms with Crippen molar-refractivity contribution in [3.05, 3.63) is 66.2 Å². The standard InChI is InChI=1S/C16H11N5O2/c17-10-11-2-3-15(22)13(8-11)20-16(23)14-9-12(4-6-18-14)21-7-1-5-19-21/h1-9,22H,(H,20,23). The van der Waals surface area contributed by atoms with E-state index in [-0.39, 0.29) is 17.1 Å². The monoisotopic (exact) mass is 305 g/mol. The Hall–Kier alpha value is -3.66. The lowest BCUT2D eigenvalue weighted by Crippen LogP contribution is -2.14. The molecule has 0 saturated carbocycles. The van der Waals surface area contributed by atoms with Gasteiger partial charge in [-0.1, -0.05) is 0 Å². The number of rotatable bonds is 3. The third-order valence-electron chi connectivity index (χ3n) is 3.12. The van der Waals surface area contributed by atoms with E-state index in [1.165, 1.54) is 24.4 Å². The number of benzene rings is 1. The van der Waals surface area contributed by atoms with Crippen LogP contribution in [0.4, 0.5) is 5.69 Å². The van der Waals surface area contributed by atoms with E-state index >= 15 is 0 Å². The summed E-state index contributed by atoms with van der Waals surface area (Å²) in [4.78, 5) is 16.3. The van der Waals surface area contributed by atoms with Crippen molar-refractivity contribution in [3.63, 3.8) is 0 Å². The zero-order valence-electron chi connectivity index (χ0n) is 11.8. The molecule has 0 atom stereocenters. The Balaban J connectivity index is 1.87. The molecule has 0 aliphatic rings. The van der Waals surface area contributed by atoms with Crippen LogP contribution in [0.1, 0.15) is 16.1 Å². The first kappa shape index (κ1) is 14.3. The maximum Gasteiger partial charge on any atom is 0.274 e. The fraction of sp³-hybridized carbons (Fsp3) is 0. The first-order valence-corrected chi connectivity index (χ1v) is 6.68. The van der Waals surface area contributed by atoms with Crippen LogP contribution < -0.4 is 5.32 Å². The predicted molar refractivity (Wildman–Crippen MR) is 82.1 cm³/mol. The summed E-state index contributed by atoms with van der Waals surface area (Å²) in [6.07, 6.45) is 4.88. The van der Waals surface area contributed by atoms with Gasteiger partial charge in [0.2, 0.25) is 0 Å². The molecule has 0 aliphatic carbocycles. The molecule has 2 N–H and O–H groups in total. The second-order valence-electron chi connectivity index (χ2n) is 4.65. The topological polar surface area (TPSA) is 104 Å². The highest BCUT2D eigenvalue weighted by atomic mass is 16.3. The molecule has 112 valence electrons. The van der Waals surface area contributed by atoms with Gasteiger partial charge in [0.25, 0.3) is 5.91 Å². The summed E-state index contributed by atoms with van der Waals surface area (Å²) in [6.45, 7) is 0. The molecule has 0 bridgehead atoms. The third-order valence-corrected chi connectivity index (χ3v) is 3.12. The maximum absolute atomic E-state index is 12.3. The SMILES string of the molecule is N#Cc1ccc(O)c(NC(=O)c2cc(-n3cccn3)ccn2)c1. The normalized spacial score (nSPS) is 10.0. The van der Waals surface area contributed by atoms with Crippen LogP contribution in [0.3, 0.4) is 0 Å². The number of pyridine rings is 1. The van der Waals surface area contributed by atoms with Crippen LogP contribution in [0.15, 0.2) is 55.0 Å². The predicted octanol–water partition coefficient (Wildman–Crippen LogP) is 2.10. The van der Waals surface area contributed by atoms with Gasteiger partial charge in [-0.25, -0.2) is 4.68 Å². The lowest BCUT2D eigenvalue weighted by Gasteiger charge is -2.08. The molecule has 2 heterocycles. The Morgan fingerprint density at radius 1 is 1.26 bits per heavy atom. The van der Waals surface area contributed by atoms with Crippen LogP contribution in [0.5, 0.6) is 5.75 Å². The average molecular weight is 305 g/mol. The Bertz CT molecular complexity index is 897. The second-order valence-corrected chi connectivity index (χ2v) is 4.65. The molecule has 0 fully saturated rings. The van der Waals surface area contributed by atoms with E-state index < -0.39 is 5.91 Å². The number of carbonyl (C=O) groups is 1. The van der Waals surface area contributed by atoms with Gasteiger partial charge in [-0.05, 0) is 36.4 Å². The van der Waals surface area contributed by atoms with E-state index in [4.69, 9.17) is 5.26 Å². The van der Waals surface area contributed by atoms with Gasteiger partial charge in [-0.2, -0.15) is 10.4 Å². The minimum atomic E-state index is -0.496. The quantitative estimate of drug-likeness (QED) is 0.721. The van der Waals surface area contributed by atoms with Crippen molar-refractivity contribution in [2.24, 2.45) is 0 Å². The smallest absolute Gasteiger partial charge is 0.274 e. The summed E-state index contributed by atoms with van der Waals surface area (Å²) in [5, 5.41) is 25.3. The second kappa shape index (κ2) is 5.99. The van der Waals surface area contributed by atoms with Crippen molar-refractivity contribution in [1.82, 2.24) is 14.8 Å². The fourth-order valence-electron chi connectivity index (χ4n) is 2.00. The molecule has 1 aromatic carbocycles. The van der Waals surface area contributed by atoms with Crippen LogP contribution in [-0.2, 0) is 0 Å². The Kier molecular flexibility index (Phi) is 3.72. The largest absolute Gasteiger partial charge is 0.506 e. The Labute approximate surface area is 131 Å². The van der Waals surface area contributed by atoms with Crippen molar-refractivity contribution >= 4 is 11.6 Å². The van der Waals surface area contributed by atoms with Gasteiger partial charge in [0.05, 0.1) is 23.0 Å². The molecule has 0 aliphatic heterocycles. The number of carbonyl (C=O) groups excluding carboxylic acids is 1. The van der Waals surface area contributed by atoms with E-state index in [0.717, 1.165) is 0 Å². The minimum absolute atomic E-state index is 0.124. The maximum atomic E-state index is 12.3. The molecular formula is C16H11N5O2. The number of hydrogen-bond acceptors (Lipinski definition) is 5. The molecular weight excluding hydrogens is 294 g/mol. The first-order valence-electron chi connectivity index (χ1n) is 6.68. The van der Waals surface area contributed by atoms with Crippen LogP contribution in [0, 0.1) is 11.3 Å². The van der Waals surface area contributed by atoms with Crippen molar-refractivity contribution in [1.29, 1.82) is 5.26 Å². The van der Waals surface area contributed by atoms with Gasteiger partial charge >= 0.3 is 0 Å². The highest BCUT2D eigenvalue weighted by Crippen LogP contribution is 2.24. The number of nitriles is 1. The minimum Gasteiger partial charge on any atom is -0.506 e. The highest BCUT2D eigenvalue weighted by molar-refractivity contribution is 6.04. The zero-order valence-corrected chi connectivity index (χ0v) is 11.8. The van der Waals surface area contributed by atoms with Crippen LogP contribution in [0.2, 0.25) is 0 Å². The number of phenolic OH excluding ortho intramolecular Hbond substituents is 1. The zero-order chi connectivity index (χ0) is 16.2. The van der Waals surface area contributed by atoms with E-state index in [1.54, 1.807) is 35.3 Å². The van der Waals surface area contributed by atoms with Gasteiger partial charge in [-0.3, -0.25) is 9.78 Å². The van der Waals surface area contributed by atoms with E-state index in [0.29, 0.717) is 11.3 Å². The number of nitrogens with one attached hydrogen (secondary N) is 1. The molecule has 2 aromatic heterocycles. The summed E-state index contributed by atoms with van der Waals surface area (Å²) in [7, 11) is 0. The van der Waals surface area contributed by atoms with Crippen molar-refractivity contribution < 1.29 is 9.90 Å². The lowest BCUT2D eigenvalue weighted by molar-refractivity contribution is 0.102. The van der Waals surface area contributed by atoms with Crippen molar-refractivity contribution in [2.75, 3.05) is 5.32 Å². The summed E-state index contributed by atoms with van der Waals surface area (Å²) in [5.41, 5.74) is 1.33. The van der Waals surface area contributed by atoms with E-state index in [1.807, 2.05) is 6.07 Å². The molecule has 3 rings (SSSR count). The van der Waals surface area contributed by atoms with Crippen LogP contribution in [-0.4, -0.2) is 25.8 Å². The lowest BCUT2D eigenvalue weighted by atomic mass is 10.2. The van der Waals surface area contributed by atoms with Gasteiger partial charge in [0.15, 0.2) is 0 Å². The summed E-state index contributed by atoms with van der Waals surface area (Å²) in [5.74, 6) is -0.620. The highest BCUT2D eigenvalue weighted by Gasteiger charge is 2.12. The van der Waals surface area contributed by atoms with Gasteiger partial charge < -0.3 is 10.4 Å². The van der Waals surface area contributed by atoms with Gasteiger partial charge in [0, 0.05) is 18.6 Å². The molecule has 3 aromatic rings. The summed E-state index contributed by atoms with van der Waals surface area (Å²) < 4.78 is 1.60. The third kappa shape index (κ3) is 3.01. The summed E-state index contributed by atoms with van der Waals surface area (Å²) in [6, 6.07) is 11.2. The molecule has 7 heteroatoms. The molecule has 0 saturated heterocycles. The fourth-order valence-corrected chi connectivity index (χ4v) is 2.00. The molecule has 0 radical (unpaired) electrons. The van der Waals surface area contributed by atoms with Crippen LogP contribution >= 0.6 is 0 Å². The number of hydrogen-bond donors (Lipinski definition) is 2. The average Bonchev–Trinajstić information content (AvgIpc) is 3.11. The summed E-state index contributed by atoms with van der Waals surface area (Å²) >= 11 is 0. The Morgan fingerprint density at radius 2 is 2.13 bits per heavy atom. The van der Waals surface area contributed by atoms with Crippen LogP contribution in [0.25, 0.3) is 5.69 Å². The van der Waals surface area contributed by atoms with Gasteiger partial charge in [0.1, 0.15) is 11.4 Å². The number of phenols is 1. The first-order chi connectivity index (χ1) is 11.2. The molecule has 0 unspecified atom stereocenters. The molecule has 7 nitrogen and oxygen atoms in total. The number of nitrogens with zero attached hydrogens (tertiary/aromatic N) is 4. The number of aromatic hydroxyl groups is 1.